The van der Waals surface area contributed by atoms with Crippen LogP contribution in [0.2, 0.25) is 0 Å². The lowest BCUT2D eigenvalue weighted by Gasteiger charge is -2.08. The number of aldehydes is 1. The van der Waals surface area contributed by atoms with E-state index in [4.69, 9.17) is 0 Å². The summed E-state index contributed by atoms with van der Waals surface area (Å²) in [6.45, 7) is 3.92. The lowest BCUT2D eigenvalue weighted by atomic mass is 10.0. The lowest BCUT2D eigenvalue weighted by Crippen LogP contribution is -1.97. The van der Waals surface area contributed by atoms with Gasteiger partial charge < -0.3 is 4.57 Å². The van der Waals surface area contributed by atoms with Crippen LogP contribution in [0.25, 0.3) is 11.3 Å². The van der Waals surface area contributed by atoms with Crippen molar-refractivity contribution in [2.24, 2.45) is 7.05 Å². The Morgan fingerprint density at radius 3 is 2.71 bits per heavy atom. The van der Waals surface area contributed by atoms with E-state index in [-0.39, 0.29) is 0 Å². The number of hydrogen-bond donors (Lipinski definition) is 0. The number of imidazole rings is 1. The lowest BCUT2D eigenvalue weighted by molar-refractivity contribution is 0.112. The summed E-state index contributed by atoms with van der Waals surface area (Å²) in [5.74, 6) is 0.835. The summed E-state index contributed by atoms with van der Waals surface area (Å²) in [6, 6.07) is 6.03. The second kappa shape index (κ2) is 4.45. The number of hydrogen-bond acceptors (Lipinski definition) is 2. The van der Waals surface area contributed by atoms with Gasteiger partial charge in [0.25, 0.3) is 0 Å². The van der Waals surface area contributed by atoms with E-state index in [9.17, 15) is 4.79 Å². The van der Waals surface area contributed by atoms with Crippen LogP contribution in [-0.4, -0.2) is 15.8 Å². The van der Waals surface area contributed by atoms with Crippen LogP contribution in [0.1, 0.15) is 21.9 Å². The predicted octanol–water partition coefficient (Wildman–Crippen LogP) is 3.28. The molecule has 0 spiro atoms. The fourth-order valence-corrected chi connectivity index (χ4v) is 2.25. The van der Waals surface area contributed by atoms with Crippen LogP contribution in [-0.2, 0) is 7.05 Å². The molecule has 4 heteroatoms. The summed E-state index contributed by atoms with van der Waals surface area (Å²) in [5, 5.41) is 0. The summed E-state index contributed by atoms with van der Waals surface area (Å²) >= 11 is 3.45. The molecule has 1 aromatic heterocycles. The number of carbonyl (C=O) groups is 1. The van der Waals surface area contributed by atoms with Crippen molar-refractivity contribution in [3.8, 4) is 11.3 Å². The molecule has 3 nitrogen and oxygen atoms in total. The van der Waals surface area contributed by atoms with Crippen molar-refractivity contribution in [1.29, 1.82) is 0 Å². The van der Waals surface area contributed by atoms with Gasteiger partial charge in [0.15, 0.2) is 6.29 Å². The largest absolute Gasteiger partial charge is 0.331 e. The Morgan fingerprint density at radius 1 is 1.35 bits per heavy atom. The average molecular weight is 293 g/mol. The van der Waals surface area contributed by atoms with Gasteiger partial charge in [-0.2, -0.15) is 0 Å². The fraction of sp³-hybridized carbons (Fsp3) is 0.231. The molecule has 0 N–H and O–H groups in total. The minimum absolute atomic E-state index is 0.492. The summed E-state index contributed by atoms with van der Waals surface area (Å²) in [7, 11) is 1.92. The molecule has 2 rings (SSSR count). The summed E-state index contributed by atoms with van der Waals surface area (Å²) in [6.07, 6.45) is 0.808. The van der Waals surface area contributed by atoms with Gasteiger partial charge in [0.2, 0.25) is 0 Å². The normalized spacial score (nSPS) is 10.6. The molecule has 0 saturated carbocycles. The molecule has 0 amide bonds. The van der Waals surface area contributed by atoms with Gasteiger partial charge in [0, 0.05) is 17.1 Å². The number of carbonyl (C=O) groups excluding carboxylic acids is 1. The Labute approximate surface area is 109 Å². The maximum Gasteiger partial charge on any atom is 0.170 e. The van der Waals surface area contributed by atoms with Gasteiger partial charge >= 0.3 is 0 Å². The minimum atomic E-state index is 0.492. The van der Waals surface area contributed by atoms with Crippen molar-refractivity contribution < 1.29 is 4.79 Å². The molecule has 0 radical (unpaired) electrons. The Balaban J connectivity index is 2.75. The zero-order valence-corrected chi connectivity index (χ0v) is 11.6. The Kier molecular flexibility index (Phi) is 3.15. The first kappa shape index (κ1) is 12.0. The Hall–Kier alpha value is -1.42. The average Bonchev–Trinajstić information content (AvgIpc) is 2.59. The summed E-state index contributed by atoms with van der Waals surface area (Å²) in [5.41, 5.74) is 3.52. The molecule has 0 aliphatic rings. The highest BCUT2D eigenvalue weighted by atomic mass is 79.9. The SMILES string of the molecule is Cc1ccc(Br)cc1-c1c(C=O)nc(C)n1C. The zero-order chi connectivity index (χ0) is 12.6. The van der Waals surface area contributed by atoms with Gasteiger partial charge in [-0.1, -0.05) is 22.0 Å². The summed E-state index contributed by atoms with van der Waals surface area (Å²) < 4.78 is 2.94. The van der Waals surface area contributed by atoms with Crippen LogP contribution in [0, 0.1) is 13.8 Å². The smallest absolute Gasteiger partial charge is 0.170 e. The molecular formula is C13H13BrN2O. The van der Waals surface area contributed by atoms with Crippen LogP contribution < -0.4 is 0 Å². The highest BCUT2D eigenvalue weighted by Crippen LogP contribution is 2.29. The van der Waals surface area contributed by atoms with Crippen LogP contribution >= 0.6 is 15.9 Å². The molecule has 0 bridgehead atoms. The maximum atomic E-state index is 11.1. The zero-order valence-electron chi connectivity index (χ0n) is 9.99. The quantitative estimate of drug-likeness (QED) is 0.796. The highest BCUT2D eigenvalue weighted by molar-refractivity contribution is 9.10. The van der Waals surface area contributed by atoms with Crippen molar-refractivity contribution in [3.05, 3.63) is 39.8 Å². The van der Waals surface area contributed by atoms with Crippen molar-refractivity contribution in [3.63, 3.8) is 0 Å². The molecule has 17 heavy (non-hydrogen) atoms. The second-order valence-electron chi connectivity index (χ2n) is 4.03. The van der Waals surface area contributed by atoms with E-state index < -0.39 is 0 Å². The van der Waals surface area contributed by atoms with Gasteiger partial charge in [0.05, 0.1) is 5.69 Å². The van der Waals surface area contributed by atoms with E-state index in [1.165, 1.54) is 0 Å². The van der Waals surface area contributed by atoms with E-state index in [1.54, 1.807) is 0 Å². The molecule has 0 atom stereocenters. The van der Waals surface area contributed by atoms with Gasteiger partial charge in [-0.3, -0.25) is 4.79 Å². The molecule has 1 aromatic carbocycles. The Bertz CT molecular complexity index is 587. The van der Waals surface area contributed by atoms with Crippen LogP contribution in [0.3, 0.4) is 0 Å². The third-order valence-corrected chi connectivity index (χ3v) is 3.41. The number of halogens is 1. The minimum Gasteiger partial charge on any atom is -0.331 e. The molecule has 1 heterocycles. The van der Waals surface area contributed by atoms with Crippen molar-refractivity contribution in [2.75, 3.05) is 0 Å². The predicted molar refractivity (Wildman–Crippen MR) is 71.2 cm³/mol. The number of aryl methyl sites for hydroxylation is 2. The summed E-state index contributed by atoms with van der Waals surface area (Å²) in [4.78, 5) is 15.3. The monoisotopic (exact) mass is 292 g/mol. The molecule has 88 valence electrons. The third kappa shape index (κ3) is 2.05. The number of rotatable bonds is 2. The van der Waals surface area contributed by atoms with Gasteiger partial charge in [-0.15, -0.1) is 0 Å². The topological polar surface area (TPSA) is 34.9 Å². The van der Waals surface area contributed by atoms with Gasteiger partial charge in [-0.05, 0) is 31.5 Å². The Morgan fingerprint density at radius 2 is 2.06 bits per heavy atom. The molecule has 2 aromatic rings. The van der Waals surface area contributed by atoms with Gasteiger partial charge in [-0.25, -0.2) is 4.98 Å². The molecular weight excluding hydrogens is 280 g/mol. The molecule has 0 aliphatic carbocycles. The van der Waals surface area contributed by atoms with E-state index >= 15 is 0 Å². The van der Waals surface area contributed by atoms with Crippen LogP contribution in [0.15, 0.2) is 22.7 Å². The number of aromatic nitrogens is 2. The van der Waals surface area contributed by atoms with Crippen molar-refractivity contribution in [1.82, 2.24) is 9.55 Å². The van der Waals surface area contributed by atoms with E-state index in [0.29, 0.717) is 5.69 Å². The second-order valence-corrected chi connectivity index (χ2v) is 4.94. The maximum absolute atomic E-state index is 11.1. The van der Waals surface area contributed by atoms with Crippen molar-refractivity contribution >= 4 is 22.2 Å². The van der Waals surface area contributed by atoms with E-state index in [0.717, 1.165) is 33.4 Å². The van der Waals surface area contributed by atoms with Gasteiger partial charge in [0.1, 0.15) is 11.5 Å². The van der Waals surface area contributed by atoms with E-state index in [1.807, 2.05) is 43.7 Å². The first-order chi connectivity index (χ1) is 8.04. The van der Waals surface area contributed by atoms with E-state index in [2.05, 4.69) is 20.9 Å². The van der Waals surface area contributed by atoms with Crippen LogP contribution in [0.4, 0.5) is 0 Å². The highest BCUT2D eigenvalue weighted by Gasteiger charge is 2.15. The molecule has 0 saturated heterocycles. The number of nitrogens with zero attached hydrogens (tertiary/aromatic N) is 2. The number of benzene rings is 1. The van der Waals surface area contributed by atoms with Crippen LogP contribution in [0.5, 0.6) is 0 Å². The van der Waals surface area contributed by atoms with Crippen molar-refractivity contribution in [2.45, 2.75) is 13.8 Å². The fourth-order valence-electron chi connectivity index (χ4n) is 1.89. The third-order valence-electron chi connectivity index (χ3n) is 2.91. The first-order valence-electron chi connectivity index (χ1n) is 5.29. The first-order valence-corrected chi connectivity index (χ1v) is 6.09. The molecule has 0 fully saturated rings. The molecule has 0 unspecified atom stereocenters. The molecule has 0 aliphatic heterocycles. The standard InChI is InChI=1S/C13H13BrN2O/c1-8-4-5-10(14)6-11(8)13-12(7-17)15-9(2)16(13)3/h4-7H,1-3H3.